The molecular formula is C21H26N4O4. The highest BCUT2D eigenvalue weighted by molar-refractivity contribution is 5.96. The molecule has 2 aromatic rings. The number of nitro benzene ring substituents is 1. The number of anilines is 1. The molecule has 29 heavy (non-hydrogen) atoms. The summed E-state index contributed by atoms with van der Waals surface area (Å²) < 4.78 is 4.95. The molecule has 1 fully saturated rings. The van der Waals surface area contributed by atoms with Gasteiger partial charge in [-0.1, -0.05) is 30.3 Å². The highest BCUT2D eigenvalue weighted by atomic mass is 16.6. The van der Waals surface area contributed by atoms with E-state index in [-0.39, 0.29) is 23.2 Å². The van der Waals surface area contributed by atoms with Crippen LogP contribution in [-0.4, -0.2) is 55.1 Å². The van der Waals surface area contributed by atoms with Crippen LogP contribution in [-0.2, 0) is 11.3 Å². The Morgan fingerprint density at radius 3 is 2.79 bits per heavy atom. The van der Waals surface area contributed by atoms with Crippen LogP contribution in [0.4, 0.5) is 11.4 Å². The Kier molecular flexibility index (Phi) is 7.15. The molecule has 1 saturated heterocycles. The van der Waals surface area contributed by atoms with Gasteiger partial charge in [0.15, 0.2) is 0 Å². The minimum Gasteiger partial charge on any atom is -0.383 e. The van der Waals surface area contributed by atoms with Gasteiger partial charge < -0.3 is 15.4 Å². The van der Waals surface area contributed by atoms with Crippen molar-refractivity contribution in [1.29, 1.82) is 0 Å². The SMILES string of the molecule is COCCNc1ccc(C(=O)N[C@@H]2CCN(Cc3ccccc3)C2)cc1[N+](=O)[O-]. The number of benzene rings is 2. The molecule has 1 heterocycles. The lowest BCUT2D eigenvalue weighted by atomic mass is 10.1. The van der Waals surface area contributed by atoms with E-state index >= 15 is 0 Å². The average molecular weight is 398 g/mol. The summed E-state index contributed by atoms with van der Waals surface area (Å²) in [5.74, 6) is -0.289. The molecular weight excluding hydrogens is 372 g/mol. The molecule has 8 nitrogen and oxygen atoms in total. The minimum absolute atomic E-state index is 0.0322. The van der Waals surface area contributed by atoms with Gasteiger partial charge in [0.05, 0.1) is 11.5 Å². The van der Waals surface area contributed by atoms with Crippen LogP contribution >= 0.6 is 0 Å². The fraction of sp³-hybridized carbons (Fsp3) is 0.381. The largest absolute Gasteiger partial charge is 0.383 e. The number of methoxy groups -OCH3 is 1. The van der Waals surface area contributed by atoms with E-state index < -0.39 is 4.92 Å². The quantitative estimate of drug-likeness (QED) is 0.383. The highest BCUT2D eigenvalue weighted by Gasteiger charge is 2.25. The Hall–Kier alpha value is -2.97. The predicted molar refractivity (Wildman–Crippen MR) is 111 cm³/mol. The first-order chi connectivity index (χ1) is 14.1. The Balaban J connectivity index is 1.59. The van der Waals surface area contributed by atoms with Crippen molar-refractivity contribution >= 4 is 17.3 Å². The maximum Gasteiger partial charge on any atom is 0.293 e. The van der Waals surface area contributed by atoms with Gasteiger partial charge in [0.25, 0.3) is 11.6 Å². The Bertz CT molecular complexity index is 844. The van der Waals surface area contributed by atoms with Gasteiger partial charge in [0.1, 0.15) is 5.69 Å². The number of amides is 1. The molecule has 1 aliphatic rings. The summed E-state index contributed by atoms with van der Waals surface area (Å²) in [6.07, 6.45) is 0.858. The lowest BCUT2D eigenvalue weighted by Gasteiger charge is -2.17. The van der Waals surface area contributed by atoms with E-state index in [1.54, 1.807) is 19.2 Å². The van der Waals surface area contributed by atoms with Gasteiger partial charge in [-0.2, -0.15) is 0 Å². The molecule has 1 amide bonds. The second-order valence-corrected chi connectivity index (χ2v) is 7.09. The number of ether oxygens (including phenoxy) is 1. The molecule has 3 rings (SSSR count). The van der Waals surface area contributed by atoms with Crippen molar-refractivity contribution < 1.29 is 14.5 Å². The van der Waals surface area contributed by atoms with Crippen LogP contribution in [0.15, 0.2) is 48.5 Å². The monoisotopic (exact) mass is 398 g/mol. The van der Waals surface area contributed by atoms with Crippen LogP contribution < -0.4 is 10.6 Å². The molecule has 2 aromatic carbocycles. The zero-order chi connectivity index (χ0) is 20.6. The number of hydrogen-bond donors (Lipinski definition) is 2. The Morgan fingerprint density at radius 1 is 1.28 bits per heavy atom. The third kappa shape index (κ3) is 5.75. The van der Waals surface area contributed by atoms with Crippen LogP contribution in [0, 0.1) is 10.1 Å². The Labute approximate surface area is 170 Å². The summed E-state index contributed by atoms with van der Waals surface area (Å²) in [7, 11) is 1.56. The number of carbonyl (C=O) groups is 1. The van der Waals surface area contributed by atoms with Crippen LogP contribution in [0.3, 0.4) is 0 Å². The predicted octanol–water partition coefficient (Wildman–Crippen LogP) is 2.66. The number of nitrogens with zero attached hydrogens (tertiary/aromatic N) is 2. The van der Waals surface area contributed by atoms with Gasteiger partial charge in [0.2, 0.25) is 0 Å². The molecule has 0 radical (unpaired) electrons. The number of nitro groups is 1. The summed E-state index contributed by atoms with van der Waals surface area (Å²) >= 11 is 0. The molecule has 0 aromatic heterocycles. The fourth-order valence-corrected chi connectivity index (χ4v) is 3.47. The molecule has 0 bridgehead atoms. The number of hydrogen-bond acceptors (Lipinski definition) is 6. The first-order valence-corrected chi connectivity index (χ1v) is 9.65. The first kappa shape index (κ1) is 20.8. The van der Waals surface area contributed by atoms with Crippen molar-refractivity contribution in [3.63, 3.8) is 0 Å². The number of nitrogens with one attached hydrogen (secondary N) is 2. The molecule has 1 aliphatic heterocycles. The second-order valence-electron chi connectivity index (χ2n) is 7.09. The molecule has 1 atom stereocenters. The summed E-state index contributed by atoms with van der Waals surface area (Å²) in [5, 5.41) is 17.4. The van der Waals surface area contributed by atoms with Crippen molar-refractivity contribution in [3.05, 3.63) is 69.8 Å². The number of carbonyl (C=O) groups excluding carboxylic acids is 1. The lowest BCUT2D eigenvalue weighted by Crippen LogP contribution is -2.37. The summed E-state index contributed by atoms with van der Waals surface area (Å²) in [4.78, 5) is 25.8. The van der Waals surface area contributed by atoms with E-state index in [0.29, 0.717) is 18.8 Å². The second kappa shape index (κ2) is 9.99. The zero-order valence-electron chi connectivity index (χ0n) is 16.5. The maximum absolute atomic E-state index is 12.6. The minimum atomic E-state index is -0.483. The van der Waals surface area contributed by atoms with Gasteiger partial charge in [-0.25, -0.2) is 0 Å². The third-order valence-corrected chi connectivity index (χ3v) is 4.93. The van der Waals surface area contributed by atoms with E-state index in [0.717, 1.165) is 26.1 Å². The molecule has 154 valence electrons. The topological polar surface area (TPSA) is 96.7 Å². The fourth-order valence-electron chi connectivity index (χ4n) is 3.47. The maximum atomic E-state index is 12.6. The number of rotatable bonds is 9. The van der Waals surface area contributed by atoms with E-state index in [4.69, 9.17) is 4.74 Å². The lowest BCUT2D eigenvalue weighted by molar-refractivity contribution is -0.384. The van der Waals surface area contributed by atoms with Gasteiger partial charge in [0, 0.05) is 51.0 Å². The summed E-state index contributed by atoms with van der Waals surface area (Å²) in [6, 6.07) is 14.7. The van der Waals surface area contributed by atoms with Gasteiger partial charge >= 0.3 is 0 Å². The van der Waals surface area contributed by atoms with Crippen molar-refractivity contribution in [2.45, 2.75) is 19.0 Å². The number of likely N-dealkylation sites (tertiary alicyclic amines) is 1. The first-order valence-electron chi connectivity index (χ1n) is 9.65. The van der Waals surface area contributed by atoms with Crippen LogP contribution in [0.2, 0.25) is 0 Å². The molecule has 0 saturated carbocycles. The molecule has 2 N–H and O–H groups in total. The van der Waals surface area contributed by atoms with E-state index in [9.17, 15) is 14.9 Å². The van der Waals surface area contributed by atoms with Crippen molar-refractivity contribution in [2.75, 3.05) is 38.7 Å². The average Bonchev–Trinajstić information content (AvgIpc) is 3.15. The molecule has 8 heteroatoms. The molecule has 0 aliphatic carbocycles. The van der Waals surface area contributed by atoms with E-state index in [1.165, 1.54) is 11.6 Å². The third-order valence-electron chi connectivity index (χ3n) is 4.93. The van der Waals surface area contributed by atoms with Crippen LogP contribution in [0.1, 0.15) is 22.3 Å². The summed E-state index contributed by atoms with van der Waals surface area (Å²) in [5.41, 5.74) is 1.78. The standard InChI is InChI=1S/C21H26N4O4/c1-29-12-10-22-19-8-7-17(13-20(19)25(27)28)21(26)23-18-9-11-24(15-18)14-16-5-3-2-4-6-16/h2-8,13,18,22H,9-12,14-15H2,1H3,(H,23,26)/t18-/m1/s1. The van der Waals surface area contributed by atoms with Crippen LogP contribution in [0.25, 0.3) is 0 Å². The van der Waals surface area contributed by atoms with Crippen molar-refractivity contribution in [3.8, 4) is 0 Å². The molecule has 0 unspecified atom stereocenters. The highest BCUT2D eigenvalue weighted by Crippen LogP contribution is 2.25. The van der Waals surface area contributed by atoms with E-state index in [1.807, 2.05) is 18.2 Å². The van der Waals surface area contributed by atoms with Gasteiger partial charge in [-0.15, -0.1) is 0 Å². The van der Waals surface area contributed by atoms with Crippen LogP contribution in [0.5, 0.6) is 0 Å². The normalized spacial score (nSPS) is 16.5. The molecule has 0 spiro atoms. The van der Waals surface area contributed by atoms with Gasteiger partial charge in [-0.3, -0.25) is 19.8 Å². The van der Waals surface area contributed by atoms with Gasteiger partial charge in [-0.05, 0) is 24.1 Å². The van der Waals surface area contributed by atoms with Crippen molar-refractivity contribution in [2.24, 2.45) is 0 Å². The smallest absolute Gasteiger partial charge is 0.293 e. The zero-order valence-corrected chi connectivity index (χ0v) is 16.5. The summed E-state index contributed by atoms with van der Waals surface area (Å²) in [6.45, 7) is 3.39. The Morgan fingerprint density at radius 2 is 2.07 bits per heavy atom. The van der Waals surface area contributed by atoms with E-state index in [2.05, 4.69) is 27.7 Å². The van der Waals surface area contributed by atoms with Crippen molar-refractivity contribution in [1.82, 2.24) is 10.2 Å².